The van der Waals surface area contributed by atoms with Gasteiger partial charge < -0.3 is 19.5 Å². The zero-order chi connectivity index (χ0) is 25.2. The van der Waals surface area contributed by atoms with Gasteiger partial charge in [-0.2, -0.15) is 13.2 Å². The van der Waals surface area contributed by atoms with Crippen LogP contribution in [0.1, 0.15) is 20.6 Å². The number of carbonyl (C=O) groups excluding carboxylic acids is 1. The van der Waals surface area contributed by atoms with E-state index in [4.69, 9.17) is 9.47 Å². The molecule has 0 aromatic heterocycles. The molecule has 1 N–H and O–H groups in total. The van der Waals surface area contributed by atoms with Crippen molar-refractivity contribution in [3.63, 3.8) is 0 Å². The lowest BCUT2D eigenvalue weighted by atomic mass is 9.97. The lowest BCUT2D eigenvalue weighted by Gasteiger charge is -2.19. The fourth-order valence-corrected chi connectivity index (χ4v) is 4.22. The molecule has 1 saturated heterocycles. The molecule has 182 valence electrons. The Kier molecular flexibility index (Phi) is 7.20. The third kappa shape index (κ3) is 5.69. The number of benzene rings is 3. The zero-order valence-corrected chi connectivity index (χ0v) is 20.2. The van der Waals surface area contributed by atoms with Crippen molar-refractivity contribution < 1.29 is 37.3 Å². The maximum atomic E-state index is 13.3. The Balaban J connectivity index is 1.72. The van der Waals surface area contributed by atoms with Crippen LogP contribution in [0.2, 0.25) is 0 Å². The van der Waals surface area contributed by atoms with E-state index in [1.165, 1.54) is 11.0 Å². The van der Waals surface area contributed by atoms with E-state index in [2.05, 4.69) is 0 Å². The number of nitrogens with zero attached hydrogens (tertiary/aromatic N) is 1. The molecule has 0 radical (unpaired) electrons. The summed E-state index contributed by atoms with van der Waals surface area (Å²) in [7, 11) is 0. The first-order chi connectivity index (χ1) is 16.6. The normalized spacial score (nSPS) is 14.5. The van der Waals surface area contributed by atoms with E-state index in [1.54, 1.807) is 18.2 Å². The van der Waals surface area contributed by atoms with E-state index < -0.39 is 27.7 Å². The van der Waals surface area contributed by atoms with Crippen molar-refractivity contribution in [3.05, 3.63) is 83.4 Å². The minimum absolute atomic E-state index is 0.122. The highest BCUT2D eigenvalue weighted by Gasteiger charge is 2.32. The summed E-state index contributed by atoms with van der Waals surface area (Å²) in [4.78, 5) is 24.9. The van der Waals surface area contributed by atoms with Gasteiger partial charge in [-0.05, 0) is 47.0 Å². The van der Waals surface area contributed by atoms with E-state index in [-0.39, 0.29) is 36.8 Å². The van der Waals surface area contributed by atoms with E-state index in [1.807, 2.05) is 52.9 Å². The molecule has 0 bridgehead atoms. The zero-order valence-electron chi connectivity index (χ0n) is 18.1. The number of carboxylic acid groups (broad SMARTS) is 1. The summed E-state index contributed by atoms with van der Waals surface area (Å²) in [5.41, 5.74) is 1.28. The molecule has 6 nitrogen and oxygen atoms in total. The van der Waals surface area contributed by atoms with Gasteiger partial charge in [-0.15, -0.1) is 0 Å². The predicted octanol–water partition coefficient (Wildman–Crippen LogP) is 6.68. The Labute approximate surface area is 212 Å². The van der Waals surface area contributed by atoms with E-state index in [0.29, 0.717) is 11.1 Å². The number of ether oxygens (including phenoxy) is 2. The molecule has 0 saturated carbocycles. The Morgan fingerprint density at radius 3 is 2.49 bits per heavy atom. The minimum atomic E-state index is -4.57. The van der Waals surface area contributed by atoms with Crippen molar-refractivity contribution in [3.8, 4) is 22.6 Å². The quantitative estimate of drug-likeness (QED) is 0.243. The van der Waals surface area contributed by atoms with E-state index in [0.717, 1.165) is 17.7 Å². The van der Waals surface area contributed by atoms with E-state index in [9.17, 15) is 27.9 Å². The molecule has 1 unspecified atom stereocenters. The van der Waals surface area contributed by atoms with Crippen LogP contribution in [0.3, 0.4) is 0 Å². The van der Waals surface area contributed by atoms with Crippen LogP contribution in [-0.2, 0) is 22.3 Å². The number of amides is 1. The first-order valence-corrected chi connectivity index (χ1v) is 11.7. The number of hydrogen-bond acceptors (Lipinski definition) is 4. The molecule has 3 aromatic rings. The molecule has 1 atom stereocenters. The van der Waals surface area contributed by atoms with Crippen LogP contribution in [0, 0.1) is 0 Å². The third-order valence-corrected chi connectivity index (χ3v) is 6.62. The summed E-state index contributed by atoms with van der Waals surface area (Å²) < 4.78 is 49.9. The average molecular weight is 597 g/mol. The highest BCUT2D eigenvalue weighted by Crippen LogP contribution is 2.39. The number of carboxylic acids is 1. The highest BCUT2D eigenvalue weighted by molar-refractivity contribution is 14.1. The van der Waals surface area contributed by atoms with Crippen molar-refractivity contribution in [1.82, 2.24) is 4.90 Å². The summed E-state index contributed by atoms with van der Waals surface area (Å²) >= 11 is 1.81. The predicted molar refractivity (Wildman–Crippen MR) is 130 cm³/mol. The average Bonchev–Trinajstić information content (AvgIpc) is 3.23. The molecule has 1 aliphatic heterocycles. The Hall–Kier alpha value is -3.28. The van der Waals surface area contributed by atoms with Gasteiger partial charge in [0, 0.05) is 5.56 Å². The van der Waals surface area contributed by atoms with E-state index >= 15 is 0 Å². The highest BCUT2D eigenvalue weighted by atomic mass is 127. The topological polar surface area (TPSA) is 76.1 Å². The first kappa shape index (κ1) is 24.8. The van der Waals surface area contributed by atoms with Gasteiger partial charge in [-0.25, -0.2) is 4.79 Å². The van der Waals surface area contributed by atoms with Crippen LogP contribution in [-0.4, -0.2) is 35.2 Å². The smallest absolute Gasteiger partial charge is 0.416 e. The summed E-state index contributed by atoms with van der Waals surface area (Å²) in [5.74, 6) is -0.660. The molecule has 10 heteroatoms. The van der Waals surface area contributed by atoms with Gasteiger partial charge in [-0.3, -0.25) is 4.79 Å². The fraction of sp³-hybridized carbons (Fsp3) is 0.200. The van der Waals surface area contributed by atoms with Gasteiger partial charge in [0.15, 0.2) is 0 Å². The molecule has 0 aliphatic carbocycles. The lowest BCUT2D eigenvalue weighted by Crippen LogP contribution is -2.24. The molecule has 4 rings (SSSR count). The molecule has 1 fully saturated rings. The summed E-state index contributed by atoms with van der Waals surface area (Å²) in [5, 5.41) is 9.62. The van der Waals surface area contributed by atoms with Crippen LogP contribution in [0.25, 0.3) is 11.1 Å². The molecule has 1 heterocycles. The number of carbonyl (C=O) groups is 2. The minimum Gasteiger partial charge on any atom is -0.480 e. The maximum absolute atomic E-state index is 13.3. The van der Waals surface area contributed by atoms with Crippen molar-refractivity contribution in [2.45, 2.75) is 16.6 Å². The molecule has 0 spiro atoms. The van der Waals surface area contributed by atoms with Gasteiger partial charge >= 0.3 is 18.2 Å². The maximum Gasteiger partial charge on any atom is 0.416 e. The summed E-state index contributed by atoms with van der Waals surface area (Å²) in [6.07, 6.45) is -5.18. The SMILES string of the molecule is O=C(O)C(I)c1cc(Oc2ccc(C(F)(F)F)cc2CN2CCOC2=O)ccc1-c1ccccc1. The summed E-state index contributed by atoms with van der Waals surface area (Å²) in [6, 6.07) is 17.2. The van der Waals surface area contributed by atoms with Gasteiger partial charge in [0.05, 0.1) is 18.7 Å². The number of rotatable bonds is 7. The Morgan fingerprint density at radius 1 is 1.11 bits per heavy atom. The van der Waals surface area contributed by atoms with Crippen molar-refractivity contribution in [1.29, 1.82) is 0 Å². The van der Waals surface area contributed by atoms with Crippen LogP contribution >= 0.6 is 22.6 Å². The lowest BCUT2D eigenvalue weighted by molar-refractivity contribution is -0.138. The Morgan fingerprint density at radius 2 is 1.86 bits per heavy atom. The molecule has 1 amide bonds. The van der Waals surface area contributed by atoms with Crippen molar-refractivity contribution in [2.24, 2.45) is 0 Å². The summed E-state index contributed by atoms with van der Waals surface area (Å²) in [6.45, 7) is 0.279. The molecule has 35 heavy (non-hydrogen) atoms. The van der Waals surface area contributed by atoms with Crippen LogP contribution in [0.15, 0.2) is 66.7 Å². The van der Waals surface area contributed by atoms with Gasteiger partial charge in [0.2, 0.25) is 0 Å². The van der Waals surface area contributed by atoms with Crippen LogP contribution < -0.4 is 4.74 Å². The van der Waals surface area contributed by atoms with Gasteiger partial charge in [0.25, 0.3) is 0 Å². The fourth-order valence-electron chi connectivity index (χ4n) is 3.71. The largest absolute Gasteiger partial charge is 0.480 e. The van der Waals surface area contributed by atoms with Crippen molar-refractivity contribution in [2.75, 3.05) is 13.2 Å². The first-order valence-electron chi connectivity index (χ1n) is 10.5. The molecule has 1 aliphatic rings. The van der Waals surface area contributed by atoms with Crippen molar-refractivity contribution >= 4 is 34.7 Å². The van der Waals surface area contributed by atoms with Gasteiger partial charge in [-0.1, -0.05) is 59.0 Å². The second-order valence-corrected chi connectivity index (χ2v) is 9.02. The monoisotopic (exact) mass is 597 g/mol. The second-order valence-electron chi connectivity index (χ2n) is 7.77. The molecular weight excluding hydrogens is 578 g/mol. The number of hydrogen-bond donors (Lipinski definition) is 1. The number of alkyl halides is 4. The number of cyclic esters (lactones) is 1. The van der Waals surface area contributed by atoms with Gasteiger partial charge in [0.1, 0.15) is 22.0 Å². The van der Waals surface area contributed by atoms with Crippen LogP contribution in [0.5, 0.6) is 11.5 Å². The number of halogens is 4. The standard InChI is InChI=1S/C25H19F3INO5/c26-25(27,28)17-6-9-21(16(12-17)14-30-10-11-34-24(30)33)35-18-7-8-19(15-4-2-1-3-5-15)20(13-18)22(29)23(31)32/h1-9,12-13,22H,10-11,14H2,(H,31,32). The number of aliphatic carboxylic acids is 1. The molecular formula is C25H19F3INO5. The third-order valence-electron chi connectivity index (χ3n) is 5.42. The Bertz CT molecular complexity index is 1250. The molecule has 3 aromatic carbocycles. The van der Waals surface area contributed by atoms with Crippen LogP contribution in [0.4, 0.5) is 18.0 Å². The second kappa shape index (κ2) is 10.1.